The van der Waals surface area contributed by atoms with Crippen LogP contribution in [0.2, 0.25) is 5.15 Å². The molecule has 0 unspecified atom stereocenters. The second kappa shape index (κ2) is 3.83. The van der Waals surface area contributed by atoms with E-state index in [1.165, 1.54) is 0 Å². The summed E-state index contributed by atoms with van der Waals surface area (Å²) < 4.78 is 2.51. The first kappa shape index (κ1) is 10.4. The minimum absolute atomic E-state index is 0.148. The van der Waals surface area contributed by atoms with E-state index in [4.69, 9.17) is 16.7 Å². The van der Waals surface area contributed by atoms with Crippen LogP contribution in [0.4, 0.5) is 0 Å². The molecule has 6 heteroatoms. The van der Waals surface area contributed by atoms with Crippen molar-refractivity contribution in [2.24, 2.45) is 0 Å². The molecule has 15 heavy (non-hydrogen) atoms. The lowest BCUT2D eigenvalue weighted by molar-refractivity contribution is -0.136. The molecule has 1 N–H and O–H groups in total. The summed E-state index contributed by atoms with van der Waals surface area (Å²) in [4.78, 5) is 14.6. The number of halogens is 2. The third-order valence-corrected chi connectivity index (χ3v) is 2.69. The number of aliphatic carboxylic acids is 1. The van der Waals surface area contributed by atoms with E-state index in [0.29, 0.717) is 16.5 Å². The molecule has 0 fully saturated rings. The molecule has 0 saturated heterocycles. The van der Waals surface area contributed by atoms with E-state index >= 15 is 0 Å². The van der Waals surface area contributed by atoms with Crippen LogP contribution in [-0.2, 0) is 11.2 Å². The number of aromatic nitrogens is 2. The lowest BCUT2D eigenvalue weighted by Crippen LogP contribution is -2.04. The van der Waals surface area contributed by atoms with E-state index in [1.54, 1.807) is 16.7 Å². The summed E-state index contributed by atoms with van der Waals surface area (Å²) in [6.45, 7) is 0. The summed E-state index contributed by atoms with van der Waals surface area (Å²) in [6, 6.07) is 3.61. The van der Waals surface area contributed by atoms with Gasteiger partial charge in [-0.3, -0.25) is 4.79 Å². The van der Waals surface area contributed by atoms with Gasteiger partial charge in [0.2, 0.25) is 0 Å². The number of rotatable bonds is 2. The summed E-state index contributed by atoms with van der Waals surface area (Å²) in [7, 11) is 0. The third-order valence-electron chi connectivity index (χ3n) is 1.94. The molecule has 4 nitrogen and oxygen atoms in total. The maximum atomic E-state index is 10.6. The maximum Gasteiger partial charge on any atom is 0.311 e. The molecule has 0 spiro atoms. The van der Waals surface area contributed by atoms with Crippen LogP contribution in [0.25, 0.3) is 5.52 Å². The number of nitrogens with zero attached hydrogens (tertiary/aromatic N) is 2. The molecule has 2 aromatic rings. The molecular weight excluding hydrogens is 283 g/mol. The van der Waals surface area contributed by atoms with Gasteiger partial charge in [0.15, 0.2) is 5.15 Å². The molecule has 0 aliphatic rings. The molecule has 0 atom stereocenters. The Morgan fingerprint density at radius 3 is 3.00 bits per heavy atom. The Balaban J connectivity index is 2.64. The number of carbonyl (C=O) groups is 1. The molecule has 0 radical (unpaired) electrons. The van der Waals surface area contributed by atoms with Crippen molar-refractivity contribution < 1.29 is 9.90 Å². The molecule has 0 aromatic carbocycles. The van der Waals surface area contributed by atoms with Crippen LogP contribution in [0.5, 0.6) is 0 Å². The summed E-state index contributed by atoms with van der Waals surface area (Å²) >= 11 is 9.18. The van der Waals surface area contributed by atoms with Crippen LogP contribution < -0.4 is 0 Å². The quantitative estimate of drug-likeness (QED) is 0.923. The molecule has 0 bridgehead atoms. The highest BCUT2D eigenvalue weighted by Crippen LogP contribution is 2.21. The molecule has 0 aliphatic carbocycles. The van der Waals surface area contributed by atoms with Crippen LogP contribution in [0.1, 0.15) is 5.82 Å². The van der Waals surface area contributed by atoms with Crippen molar-refractivity contribution in [2.75, 3.05) is 0 Å². The predicted octanol–water partition coefficient (Wildman–Crippen LogP) is 2.38. The van der Waals surface area contributed by atoms with E-state index in [0.717, 1.165) is 4.47 Å². The summed E-state index contributed by atoms with van der Waals surface area (Å²) in [5.41, 5.74) is 0.705. The van der Waals surface area contributed by atoms with Crippen LogP contribution >= 0.6 is 27.5 Å². The first-order valence-corrected chi connectivity index (χ1v) is 5.29. The van der Waals surface area contributed by atoms with Gasteiger partial charge in [-0.25, -0.2) is 4.98 Å². The van der Waals surface area contributed by atoms with Gasteiger partial charge in [0, 0.05) is 10.7 Å². The van der Waals surface area contributed by atoms with Gasteiger partial charge in [-0.2, -0.15) is 0 Å². The van der Waals surface area contributed by atoms with Gasteiger partial charge in [0.05, 0.1) is 5.52 Å². The largest absolute Gasteiger partial charge is 0.481 e. The Labute approximate surface area is 98.6 Å². The smallest absolute Gasteiger partial charge is 0.311 e. The van der Waals surface area contributed by atoms with Crippen molar-refractivity contribution in [1.82, 2.24) is 9.38 Å². The van der Waals surface area contributed by atoms with Crippen LogP contribution in [-0.4, -0.2) is 20.5 Å². The molecule has 2 heterocycles. The molecule has 0 aliphatic heterocycles. The SMILES string of the molecule is O=C(O)Cc1nc(Cl)c2ccc(Br)cn12. The highest BCUT2D eigenvalue weighted by Gasteiger charge is 2.12. The summed E-state index contributed by atoms with van der Waals surface area (Å²) in [5, 5.41) is 9.02. The average molecular weight is 290 g/mol. The number of carboxylic acid groups (broad SMARTS) is 1. The van der Waals surface area contributed by atoms with Crippen LogP contribution in [0.15, 0.2) is 22.8 Å². The Morgan fingerprint density at radius 1 is 1.60 bits per heavy atom. The molecule has 2 aromatic heterocycles. The molecule has 2 rings (SSSR count). The fourth-order valence-electron chi connectivity index (χ4n) is 1.34. The molecular formula is C9H6BrClN2O2. The first-order chi connectivity index (χ1) is 7.08. The number of imidazole rings is 1. The number of pyridine rings is 1. The maximum absolute atomic E-state index is 10.6. The normalized spacial score (nSPS) is 10.8. The zero-order valence-corrected chi connectivity index (χ0v) is 9.79. The van der Waals surface area contributed by atoms with E-state index in [1.807, 2.05) is 6.07 Å². The predicted molar refractivity (Wildman–Crippen MR) is 59.2 cm³/mol. The van der Waals surface area contributed by atoms with Crippen molar-refractivity contribution in [3.63, 3.8) is 0 Å². The van der Waals surface area contributed by atoms with Crippen LogP contribution in [0, 0.1) is 0 Å². The van der Waals surface area contributed by atoms with Gasteiger partial charge in [0.1, 0.15) is 12.2 Å². The van der Waals surface area contributed by atoms with Gasteiger partial charge in [-0.15, -0.1) is 0 Å². The minimum atomic E-state index is -0.932. The lowest BCUT2D eigenvalue weighted by Gasteiger charge is -1.98. The van der Waals surface area contributed by atoms with E-state index < -0.39 is 5.97 Å². The average Bonchev–Trinajstić information content (AvgIpc) is 2.42. The van der Waals surface area contributed by atoms with Crippen molar-refractivity contribution in [2.45, 2.75) is 6.42 Å². The van der Waals surface area contributed by atoms with E-state index in [2.05, 4.69) is 20.9 Å². The van der Waals surface area contributed by atoms with Crippen molar-refractivity contribution in [3.8, 4) is 0 Å². The number of fused-ring (bicyclic) bond motifs is 1. The van der Waals surface area contributed by atoms with Gasteiger partial charge < -0.3 is 9.51 Å². The van der Waals surface area contributed by atoms with Gasteiger partial charge in [-0.1, -0.05) is 11.6 Å². The van der Waals surface area contributed by atoms with Crippen LogP contribution in [0.3, 0.4) is 0 Å². The first-order valence-electron chi connectivity index (χ1n) is 4.11. The van der Waals surface area contributed by atoms with Crippen molar-refractivity contribution >= 4 is 39.0 Å². The number of carboxylic acids is 1. The number of hydrogen-bond donors (Lipinski definition) is 1. The Bertz CT molecular complexity index is 538. The topological polar surface area (TPSA) is 54.6 Å². The fraction of sp³-hybridized carbons (Fsp3) is 0.111. The van der Waals surface area contributed by atoms with Crippen molar-refractivity contribution in [1.29, 1.82) is 0 Å². The number of hydrogen-bond acceptors (Lipinski definition) is 2. The van der Waals surface area contributed by atoms with Gasteiger partial charge in [0.25, 0.3) is 0 Å². The zero-order valence-electron chi connectivity index (χ0n) is 7.44. The summed E-state index contributed by atoms with van der Waals surface area (Å²) in [5.74, 6) is -0.512. The Morgan fingerprint density at radius 2 is 2.33 bits per heavy atom. The van der Waals surface area contributed by atoms with E-state index in [-0.39, 0.29) is 6.42 Å². The fourth-order valence-corrected chi connectivity index (χ4v) is 1.93. The van der Waals surface area contributed by atoms with E-state index in [9.17, 15) is 4.79 Å². The van der Waals surface area contributed by atoms with Gasteiger partial charge >= 0.3 is 5.97 Å². The lowest BCUT2D eigenvalue weighted by atomic mass is 10.4. The monoisotopic (exact) mass is 288 g/mol. The Kier molecular flexibility index (Phi) is 2.67. The van der Waals surface area contributed by atoms with Gasteiger partial charge in [-0.05, 0) is 28.1 Å². The highest BCUT2D eigenvalue weighted by atomic mass is 79.9. The minimum Gasteiger partial charge on any atom is -0.481 e. The Hall–Kier alpha value is -1.07. The molecule has 0 saturated carbocycles. The van der Waals surface area contributed by atoms with Crippen molar-refractivity contribution in [3.05, 3.63) is 33.8 Å². The second-order valence-corrected chi connectivity index (χ2v) is 4.27. The third kappa shape index (κ3) is 1.98. The summed E-state index contributed by atoms with van der Waals surface area (Å²) in [6.07, 6.45) is 1.59. The zero-order chi connectivity index (χ0) is 11.0. The second-order valence-electron chi connectivity index (χ2n) is 2.99. The molecule has 78 valence electrons. The highest BCUT2D eigenvalue weighted by molar-refractivity contribution is 9.10. The standard InChI is InChI=1S/C9H6BrClN2O2/c10-5-1-2-6-9(11)12-7(3-8(14)15)13(6)4-5/h1-2,4H,3H2,(H,14,15). The molecule has 0 amide bonds.